The highest BCUT2D eigenvalue weighted by Gasteiger charge is 2.22. The van der Waals surface area contributed by atoms with Gasteiger partial charge in [0.2, 0.25) is 0 Å². The van der Waals surface area contributed by atoms with Gasteiger partial charge >= 0.3 is 0 Å². The maximum atomic E-state index is 13.8. The number of benzene rings is 1. The van der Waals surface area contributed by atoms with E-state index >= 15 is 0 Å². The summed E-state index contributed by atoms with van der Waals surface area (Å²) in [5, 5.41) is 3.14. The van der Waals surface area contributed by atoms with Gasteiger partial charge in [0, 0.05) is 31.3 Å². The molecule has 2 unspecified atom stereocenters. The molecule has 1 rings (SSSR count). The predicted molar refractivity (Wildman–Crippen MR) is 72.2 cm³/mol. The van der Waals surface area contributed by atoms with E-state index in [0.29, 0.717) is 6.61 Å². The van der Waals surface area contributed by atoms with E-state index in [1.807, 2.05) is 33.2 Å². The maximum absolute atomic E-state index is 13.8. The van der Waals surface area contributed by atoms with Crippen molar-refractivity contribution >= 4 is 0 Å². The van der Waals surface area contributed by atoms with Gasteiger partial charge in [0.15, 0.2) is 0 Å². The van der Waals surface area contributed by atoms with Gasteiger partial charge in [0.25, 0.3) is 0 Å². The lowest BCUT2D eigenvalue weighted by molar-refractivity contribution is 0.0838. The molecule has 0 aromatic heterocycles. The van der Waals surface area contributed by atoms with Crippen molar-refractivity contribution in [3.63, 3.8) is 0 Å². The van der Waals surface area contributed by atoms with Gasteiger partial charge in [-0.05, 0) is 27.1 Å². The van der Waals surface area contributed by atoms with Crippen LogP contribution >= 0.6 is 0 Å². The monoisotopic (exact) mass is 254 g/mol. The molecule has 0 bridgehead atoms. The zero-order chi connectivity index (χ0) is 13.5. The summed E-state index contributed by atoms with van der Waals surface area (Å²) in [6, 6.07) is 7.15. The second-order valence-electron chi connectivity index (χ2n) is 4.53. The Morgan fingerprint density at radius 3 is 2.61 bits per heavy atom. The first kappa shape index (κ1) is 15.1. The van der Waals surface area contributed by atoms with Gasteiger partial charge in [-0.15, -0.1) is 0 Å². The first-order valence-electron chi connectivity index (χ1n) is 6.21. The number of nitrogens with zero attached hydrogens (tertiary/aromatic N) is 1. The minimum absolute atomic E-state index is 0.0136. The largest absolute Gasteiger partial charge is 0.383 e. The number of hydrogen-bond donors (Lipinski definition) is 1. The van der Waals surface area contributed by atoms with Crippen LogP contribution < -0.4 is 5.32 Å². The third-order valence-corrected chi connectivity index (χ3v) is 3.34. The van der Waals surface area contributed by atoms with Crippen LogP contribution in [0.1, 0.15) is 18.5 Å². The first-order valence-corrected chi connectivity index (χ1v) is 6.21. The molecular weight excluding hydrogens is 231 g/mol. The molecule has 4 heteroatoms. The molecular formula is C14H23FN2O. The third kappa shape index (κ3) is 3.77. The summed E-state index contributed by atoms with van der Waals surface area (Å²) in [5.41, 5.74) is 0.720. The second-order valence-corrected chi connectivity index (χ2v) is 4.53. The van der Waals surface area contributed by atoms with E-state index in [9.17, 15) is 4.39 Å². The van der Waals surface area contributed by atoms with Crippen LogP contribution in [0.5, 0.6) is 0 Å². The molecule has 3 nitrogen and oxygen atoms in total. The Labute approximate surface area is 109 Å². The number of nitrogens with one attached hydrogen (secondary N) is 1. The van der Waals surface area contributed by atoms with Crippen LogP contribution in [0.3, 0.4) is 0 Å². The lowest BCUT2D eigenvalue weighted by atomic mass is 10.0. The molecule has 102 valence electrons. The zero-order valence-corrected chi connectivity index (χ0v) is 11.6. The van der Waals surface area contributed by atoms with Crippen molar-refractivity contribution in [2.24, 2.45) is 0 Å². The van der Waals surface area contributed by atoms with E-state index in [4.69, 9.17) is 4.74 Å². The number of hydrogen-bond acceptors (Lipinski definition) is 3. The molecule has 0 radical (unpaired) electrons. The molecule has 0 spiro atoms. The minimum atomic E-state index is -0.155. The molecule has 0 saturated heterocycles. The summed E-state index contributed by atoms with van der Waals surface area (Å²) in [4.78, 5) is 2.14. The Bertz CT molecular complexity index is 353. The molecule has 1 aromatic rings. The third-order valence-electron chi connectivity index (χ3n) is 3.34. The highest BCUT2D eigenvalue weighted by molar-refractivity contribution is 5.20. The van der Waals surface area contributed by atoms with E-state index < -0.39 is 0 Å². The average Bonchev–Trinajstić information content (AvgIpc) is 2.37. The Morgan fingerprint density at radius 2 is 2.06 bits per heavy atom. The fourth-order valence-corrected chi connectivity index (χ4v) is 2.10. The second kappa shape index (κ2) is 7.46. The molecule has 0 heterocycles. The molecule has 1 N–H and O–H groups in total. The van der Waals surface area contributed by atoms with E-state index in [2.05, 4.69) is 10.2 Å². The summed E-state index contributed by atoms with van der Waals surface area (Å²) in [7, 11) is 5.59. The van der Waals surface area contributed by atoms with Crippen molar-refractivity contribution in [3.8, 4) is 0 Å². The molecule has 0 saturated carbocycles. The Morgan fingerprint density at radius 1 is 1.39 bits per heavy atom. The van der Waals surface area contributed by atoms with Crippen LogP contribution in [0, 0.1) is 5.82 Å². The van der Waals surface area contributed by atoms with Gasteiger partial charge < -0.3 is 10.1 Å². The van der Waals surface area contributed by atoms with Crippen LogP contribution in [0.25, 0.3) is 0 Å². The maximum Gasteiger partial charge on any atom is 0.127 e. The van der Waals surface area contributed by atoms with E-state index in [1.165, 1.54) is 6.07 Å². The van der Waals surface area contributed by atoms with Crippen LogP contribution in [0.4, 0.5) is 4.39 Å². The molecule has 0 aliphatic heterocycles. The Hall–Kier alpha value is -0.970. The topological polar surface area (TPSA) is 24.5 Å². The summed E-state index contributed by atoms with van der Waals surface area (Å²) in [5.74, 6) is -0.155. The van der Waals surface area contributed by atoms with E-state index in [1.54, 1.807) is 13.2 Å². The Balaban J connectivity index is 2.81. The number of ether oxygens (including phenoxy) is 1. The van der Waals surface area contributed by atoms with Crippen molar-refractivity contribution < 1.29 is 9.13 Å². The quantitative estimate of drug-likeness (QED) is 0.806. The fourth-order valence-electron chi connectivity index (χ4n) is 2.10. The number of likely N-dealkylation sites (N-methyl/N-ethyl adjacent to an activating group) is 2. The molecule has 0 fully saturated rings. The summed E-state index contributed by atoms with van der Waals surface area (Å²) < 4.78 is 19.0. The Kier molecular flexibility index (Phi) is 6.25. The van der Waals surface area contributed by atoms with Crippen molar-refractivity contribution in [2.75, 3.05) is 34.4 Å². The lowest BCUT2D eigenvalue weighted by Gasteiger charge is -2.33. The lowest BCUT2D eigenvalue weighted by Crippen LogP contribution is -2.43. The number of methoxy groups -OCH3 is 1. The zero-order valence-electron chi connectivity index (χ0n) is 11.6. The standard InChI is InChI=1S/C14H23FN2O/c1-11(13-7-5-6-8-14(13)15)17(3)12(9-16-2)10-18-4/h5-8,11-12,16H,9-10H2,1-4H3. The average molecular weight is 254 g/mol. The molecule has 2 atom stereocenters. The normalized spacial score (nSPS) is 14.8. The molecule has 18 heavy (non-hydrogen) atoms. The van der Waals surface area contributed by atoms with Gasteiger partial charge in [-0.2, -0.15) is 0 Å². The highest BCUT2D eigenvalue weighted by Crippen LogP contribution is 2.23. The van der Waals surface area contributed by atoms with Gasteiger partial charge in [-0.25, -0.2) is 4.39 Å². The number of halogens is 1. The summed E-state index contributed by atoms with van der Waals surface area (Å²) in [6.07, 6.45) is 0. The van der Waals surface area contributed by atoms with Crippen molar-refractivity contribution in [3.05, 3.63) is 35.6 Å². The molecule has 0 aliphatic carbocycles. The molecule has 1 aromatic carbocycles. The summed E-state index contributed by atoms with van der Waals surface area (Å²) >= 11 is 0. The smallest absolute Gasteiger partial charge is 0.127 e. The van der Waals surface area contributed by atoms with Crippen molar-refractivity contribution in [1.29, 1.82) is 0 Å². The van der Waals surface area contributed by atoms with Gasteiger partial charge in [-0.1, -0.05) is 18.2 Å². The van der Waals surface area contributed by atoms with E-state index in [0.717, 1.165) is 12.1 Å². The highest BCUT2D eigenvalue weighted by atomic mass is 19.1. The SMILES string of the molecule is CNCC(COC)N(C)C(C)c1ccccc1F. The van der Waals surface area contributed by atoms with Gasteiger partial charge in [-0.3, -0.25) is 4.90 Å². The van der Waals surface area contributed by atoms with Gasteiger partial charge in [0.1, 0.15) is 5.82 Å². The molecule has 0 amide bonds. The van der Waals surface area contributed by atoms with Crippen molar-refractivity contribution in [1.82, 2.24) is 10.2 Å². The van der Waals surface area contributed by atoms with Crippen LogP contribution in [-0.4, -0.2) is 45.3 Å². The molecule has 0 aliphatic rings. The van der Waals surface area contributed by atoms with Crippen LogP contribution in [0.2, 0.25) is 0 Å². The predicted octanol–water partition coefficient (Wildman–Crippen LogP) is 2.05. The van der Waals surface area contributed by atoms with Gasteiger partial charge in [0.05, 0.1) is 6.61 Å². The van der Waals surface area contributed by atoms with Crippen molar-refractivity contribution in [2.45, 2.75) is 19.0 Å². The van der Waals surface area contributed by atoms with Crippen LogP contribution in [-0.2, 0) is 4.74 Å². The minimum Gasteiger partial charge on any atom is -0.383 e. The first-order chi connectivity index (χ1) is 8.61. The van der Waals surface area contributed by atoms with Crippen LogP contribution in [0.15, 0.2) is 24.3 Å². The number of rotatable bonds is 7. The summed E-state index contributed by atoms with van der Waals surface area (Å²) in [6.45, 7) is 3.44. The van der Waals surface area contributed by atoms with E-state index in [-0.39, 0.29) is 17.9 Å². The fraction of sp³-hybridized carbons (Fsp3) is 0.571.